The summed E-state index contributed by atoms with van der Waals surface area (Å²) in [6.45, 7) is 4.14. The van der Waals surface area contributed by atoms with Crippen molar-refractivity contribution >= 4 is 32.0 Å². The Morgan fingerprint density at radius 3 is 2.67 bits per heavy atom. The van der Waals surface area contributed by atoms with E-state index in [0.29, 0.717) is 5.92 Å². The van der Waals surface area contributed by atoms with Gasteiger partial charge in [-0.05, 0) is 18.3 Å². The van der Waals surface area contributed by atoms with Crippen molar-refractivity contribution < 1.29 is 13.3 Å². The molecule has 0 bridgehead atoms. The summed E-state index contributed by atoms with van der Waals surface area (Å²) in [6, 6.07) is 0.889. The van der Waals surface area contributed by atoms with E-state index in [0.717, 1.165) is 36.7 Å². The maximum atomic E-state index is 12.4. The van der Waals surface area contributed by atoms with Gasteiger partial charge < -0.3 is 5.73 Å². The van der Waals surface area contributed by atoms with E-state index in [1.165, 1.54) is 0 Å². The molecule has 21 heavy (non-hydrogen) atoms. The molecule has 0 aromatic carbocycles. The van der Waals surface area contributed by atoms with Gasteiger partial charge in [0, 0.05) is 12.1 Å². The van der Waals surface area contributed by atoms with Crippen molar-refractivity contribution in [2.45, 2.75) is 43.4 Å². The van der Waals surface area contributed by atoms with Gasteiger partial charge >= 0.3 is 5.69 Å². The fraction of sp³-hybridized carbons (Fsp3) is 0.667. The average Bonchev–Trinajstić information content (AvgIpc) is 2.78. The topological polar surface area (TPSA) is 115 Å². The molecule has 0 radical (unpaired) electrons. The van der Waals surface area contributed by atoms with Crippen LogP contribution in [0.3, 0.4) is 0 Å². The highest BCUT2D eigenvalue weighted by Crippen LogP contribution is 2.36. The fourth-order valence-electron chi connectivity index (χ4n) is 2.65. The molecule has 3 unspecified atom stereocenters. The van der Waals surface area contributed by atoms with E-state index in [-0.39, 0.29) is 26.9 Å². The molecule has 0 amide bonds. The van der Waals surface area contributed by atoms with Crippen molar-refractivity contribution in [1.29, 1.82) is 0 Å². The van der Waals surface area contributed by atoms with Gasteiger partial charge in [-0.25, -0.2) is 13.1 Å². The van der Waals surface area contributed by atoms with Crippen LogP contribution in [0.2, 0.25) is 0 Å². The highest BCUT2D eigenvalue weighted by molar-refractivity contribution is 7.91. The van der Waals surface area contributed by atoms with Gasteiger partial charge in [0.15, 0.2) is 5.00 Å². The quantitative estimate of drug-likeness (QED) is 0.648. The number of sulfonamides is 1. The number of rotatable bonds is 4. The standard InChI is InChI=1S/C12H19N3O4S2/c1-7-4-3-5-9(8(7)2)14-21(18,19)11-6-10(15(16)17)12(13)20-11/h6-9,14H,3-5,13H2,1-2H3. The molecule has 0 aliphatic heterocycles. The van der Waals surface area contributed by atoms with Gasteiger partial charge in [0.2, 0.25) is 0 Å². The SMILES string of the molecule is CC1CCCC(NS(=O)(=O)c2cc([N+](=O)[O-])c(N)s2)C1C. The first-order valence-corrected chi connectivity index (χ1v) is 9.08. The predicted molar refractivity (Wildman–Crippen MR) is 81.7 cm³/mol. The largest absolute Gasteiger partial charge is 0.385 e. The second-order valence-electron chi connectivity index (χ2n) is 5.57. The first-order chi connectivity index (χ1) is 9.72. The number of thiophene rings is 1. The molecule has 3 N–H and O–H groups in total. The zero-order valence-electron chi connectivity index (χ0n) is 11.9. The molecular weight excluding hydrogens is 314 g/mol. The van der Waals surface area contributed by atoms with Crippen LogP contribution < -0.4 is 10.5 Å². The molecule has 7 nitrogen and oxygen atoms in total. The van der Waals surface area contributed by atoms with Crippen molar-refractivity contribution in [3.05, 3.63) is 16.2 Å². The Hall–Kier alpha value is -1.19. The van der Waals surface area contributed by atoms with Crippen molar-refractivity contribution in [2.24, 2.45) is 11.8 Å². The molecule has 9 heteroatoms. The molecule has 1 aromatic rings. The minimum atomic E-state index is -3.77. The first kappa shape index (κ1) is 16.2. The van der Waals surface area contributed by atoms with E-state index in [1.54, 1.807) is 0 Å². The summed E-state index contributed by atoms with van der Waals surface area (Å²) >= 11 is 0.726. The van der Waals surface area contributed by atoms with Crippen molar-refractivity contribution in [3.8, 4) is 0 Å². The average molecular weight is 333 g/mol. The number of nitrogens with zero attached hydrogens (tertiary/aromatic N) is 1. The molecule has 1 saturated carbocycles. The zero-order chi connectivity index (χ0) is 15.8. The Bertz CT molecular complexity index is 641. The minimum absolute atomic E-state index is 0.0922. The Morgan fingerprint density at radius 1 is 1.43 bits per heavy atom. The molecule has 0 saturated heterocycles. The van der Waals surface area contributed by atoms with E-state index in [1.807, 2.05) is 6.92 Å². The fourth-order valence-corrected chi connectivity index (χ4v) is 5.25. The molecule has 1 heterocycles. The van der Waals surface area contributed by atoms with E-state index < -0.39 is 14.9 Å². The monoisotopic (exact) mass is 333 g/mol. The van der Waals surface area contributed by atoms with Crippen molar-refractivity contribution in [2.75, 3.05) is 5.73 Å². The van der Waals surface area contributed by atoms with Crippen LogP contribution in [0, 0.1) is 22.0 Å². The lowest BCUT2D eigenvalue weighted by Gasteiger charge is -2.34. The predicted octanol–water partition coefficient (Wildman–Crippen LogP) is 2.34. The number of nitrogen functional groups attached to an aromatic ring is 1. The Kier molecular flexibility index (Phi) is 4.54. The minimum Gasteiger partial charge on any atom is -0.385 e. The van der Waals surface area contributed by atoms with Crippen LogP contribution in [0.1, 0.15) is 33.1 Å². The molecule has 1 aromatic heterocycles. The lowest BCUT2D eigenvalue weighted by atomic mass is 9.78. The van der Waals surface area contributed by atoms with Gasteiger partial charge in [-0.2, -0.15) is 0 Å². The van der Waals surface area contributed by atoms with E-state index in [2.05, 4.69) is 11.6 Å². The van der Waals surface area contributed by atoms with Crippen LogP contribution in [0.25, 0.3) is 0 Å². The lowest BCUT2D eigenvalue weighted by Crippen LogP contribution is -2.43. The Morgan fingerprint density at radius 2 is 2.10 bits per heavy atom. The third-order valence-electron chi connectivity index (χ3n) is 4.19. The van der Waals surface area contributed by atoms with Crippen LogP contribution in [0.15, 0.2) is 10.3 Å². The summed E-state index contributed by atoms with van der Waals surface area (Å²) in [5, 5.41) is 10.7. The summed E-state index contributed by atoms with van der Waals surface area (Å²) in [7, 11) is -3.77. The summed E-state index contributed by atoms with van der Waals surface area (Å²) in [4.78, 5) is 10.1. The van der Waals surface area contributed by atoms with E-state index >= 15 is 0 Å². The van der Waals surface area contributed by atoms with Gasteiger partial charge in [-0.15, -0.1) is 0 Å². The number of nitrogens with two attached hydrogens (primary N) is 1. The number of nitrogens with one attached hydrogen (secondary N) is 1. The summed E-state index contributed by atoms with van der Waals surface area (Å²) < 4.78 is 27.3. The number of hydrogen-bond donors (Lipinski definition) is 2. The molecule has 3 atom stereocenters. The van der Waals surface area contributed by atoms with Crippen LogP contribution in [-0.2, 0) is 10.0 Å². The number of nitro groups is 1. The van der Waals surface area contributed by atoms with Crippen LogP contribution >= 0.6 is 11.3 Å². The van der Waals surface area contributed by atoms with Crippen molar-refractivity contribution in [1.82, 2.24) is 4.72 Å². The molecular formula is C12H19N3O4S2. The number of anilines is 1. The molecule has 1 fully saturated rings. The third kappa shape index (κ3) is 3.35. The van der Waals surface area contributed by atoms with Gasteiger partial charge in [0.1, 0.15) is 4.21 Å². The molecule has 1 aliphatic carbocycles. The maximum Gasteiger partial charge on any atom is 0.304 e. The highest BCUT2D eigenvalue weighted by Gasteiger charge is 2.32. The highest BCUT2D eigenvalue weighted by atomic mass is 32.2. The normalized spacial score (nSPS) is 26.7. The molecule has 118 valence electrons. The summed E-state index contributed by atoms with van der Waals surface area (Å²) in [5.74, 6) is 0.690. The zero-order valence-corrected chi connectivity index (χ0v) is 13.5. The molecule has 2 rings (SSSR count). The first-order valence-electron chi connectivity index (χ1n) is 6.78. The number of hydrogen-bond acceptors (Lipinski definition) is 6. The van der Waals surface area contributed by atoms with E-state index in [4.69, 9.17) is 5.73 Å². The molecule has 0 spiro atoms. The van der Waals surface area contributed by atoms with Crippen molar-refractivity contribution in [3.63, 3.8) is 0 Å². The second-order valence-corrected chi connectivity index (χ2v) is 8.59. The maximum absolute atomic E-state index is 12.4. The second kappa shape index (κ2) is 5.90. The third-order valence-corrected chi connectivity index (χ3v) is 7.11. The van der Waals surface area contributed by atoms with Gasteiger partial charge in [-0.3, -0.25) is 10.1 Å². The summed E-state index contributed by atoms with van der Waals surface area (Å²) in [6.07, 6.45) is 2.86. The Balaban J connectivity index is 2.22. The van der Waals surface area contributed by atoms with Crippen LogP contribution in [0.5, 0.6) is 0 Å². The van der Waals surface area contributed by atoms with Crippen LogP contribution in [-0.4, -0.2) is 19.4 Å². The van der Waals surface area contributed by atoms with Gasteiger partial charge in [0.05, 0.1) is 4.92 Å². The molecule has 1 aliphatic rings. The van der Waals surface area contributed by atoms with E-state index in [9.17, 15) is 18.5 Å². The Labute approximate surface area is 127 Å². The smallest absolute Gasteiger partial charge is 0.304 e. The van der Waals surface area contributed by atoms with Gasteiger partial charge in [0.25, 0.3) is 10.0 Å². The summed E-state index contributed by atoms with van der Waals surface area (Å²) in [5.41, 5.74) is 5.15. The van der Waals surface area contributed by atoms with Gasteiger partial charge in [-0.1, -0.05) is 38.0 Å². The van der Waals surface area contributed by atoms with Crippen LogP contribution in [0.4, 0.5) is 10.7 Å². The lowest BCUT2D eigenvalue weighted by molar-refractivity contribution is -0.383.